The molecular weight excluding hydrogens is 274 g/mol. The standard InChI is InChI=1S/C16H18ClNO2/c17-14-2-1-3-15(18-14)20-9-13(19)16-6-10-4-11(7-16)12(5-10)8-16/h1-3,10-12H,4-9H2. The van der Waals surface area contributed by atoms with E-state index in [0.29, 0.717) is 11.0 Å². The summed E-state index contributed by atoms with van der Waals surface area (Å²) in [6, 6.07) is 5.23. The van der Waals surface area contributed by atoms with Crippen molar-refractivity contribution in [2.24, 2.45) is 23.2 Å². The van der Waals surface area contributed by atoms with Crippen LogP contribution in [0.2, 0.25) is 5.15 Å². The first-order valence-corrected chi connectivity index (χ1v) is 7.81. The van der Waals surface area contributed by atoms with Crippen molar-refractivity contribution in [2.45, 2.75) is 32.1 Å². The number of hydrogen-bond acceptors (Lipinski definition) is 3. The molecule has 106 valence electrons. The average Bonchev–Trinajstić information content (AvgIpc) is 2.84. The summed E-state index contributed by atoms with van der Waals surface area (Å²) in [7, 11) is 0. The van der Waals surface area contributed by atoms with Crippen molar-refractivity contribution >= 4 is 17.4 Å². The number of ether oxygens (including phenoxy) is 1. The van der Waals surface area contributed by atoms with Gasteiger partial charge in [-0.25, -0.2) is 4.98 Å². The highest BCUT2D eigenvalue weighted by Gasteiger charge is 2.58. The fourth-order valence-corrected chi connectivity index (χ4v) is 5.07. The van der Waals surface area contributed by atoms with Gasteiger partial charge in [0.2, 0.25) is 5.88 Å². The Kier molecular flexibility index (Phi) is 2.81. The van der Waals surface area contributed by atoms with Crippen LogP contribution in [0.4, 0.5) is 0 Å². The maximum absolute atomic E-state index is 12.6. The molecule has 3 nitrogen and oxygen atoms in total. The van der Waals surface area contributed by atoms with E-state index in [-0.39, 0.29) is 17.8 Å². The van der Waals surface area contributed by atoms with E-state index in [4.69, 9.17) is 16.3 Å². The van der Waals surface area contributed by atoms with E-state index in [2.05, 4.69) is 4.98 Å². The summed E-state index contributed by atoms with van der Waals surface area (Å²) < 4.78 is 5.55. The van der Waals surface area contributed by atoms with Crippen LogP contribution in [-0.4, -0.2) is 17.4 Å². The van der Waals surface area contributed by atoms with Gasteiger partial charge in [0.25, 0.3) is 0 Å². The quantitative estimate of drug-likeness (QED) is 0.797. The SMILES string of the molecule is O=C(COc1cccc(Cl)n1)C12CC3CC(C1)C(C3)C2. The maximum atomic E-state index is 12.6. The molecule has 0 N–H and O–H groups in total. The normalized spacial score (nSPS) is 37.4. The highest BCUT2D eigenvalue weighted by atomic mass is 35.5. The Hall–Kier alpha value is -1.09. The molecule has 1 aromatic heterocycles. The summed E-state index contributed by atoms with van der Waals surface area (Å²) in [6.45, 7) is 0.138. The van der Waals surface area contributed by atoms with Gasteiger partial charge in [0.05, 0.1) is 0 Å². The van der Waals surface area contributed by atoms with Gasteiger partial charge in [-0.2, -0.15) is 0 Å². The molecule has 2 atom stereocenters. The minimum atomic E-state index is -0.0743. The molecule has 0 amide bonds. The van der Waals surface area contributed by atoms with Crippen molar-refractivity contribution < 1.29 is 9.53 Å². The van der Waals surface area contributed by atoms with E-state index >= 15 is 0 Å². The van der Waals surface area contributed by atoms with Crippen LogP contribution in [0.25, 0.3) is 0 Å². The minimum Gasteiger partial charge on any atom is -0.470 e. The van der Waals surface area contributed by atoms with Crippen LogP contribution in [0.3, 0.4) is 0 Å². The van der Waals surface area contributed by atoms with Gasteiger partial charge < -0.3 is 4.74 Å². The largest absolute Gasteiger partial charge is 0.470 e. The van der Waals surface area contributed by atoms with Gasteiger partial charge in [0.1, 0.15) is 11.8 Å². The zero-order valence-corrected chi connectivity index (χ0v) is 12.1. The van der Waals surface area contributed by atoms with Crippen molar-refractivity contribution in [1.29, 1.82) is 0 Å². The van der Waals surface area contributed by atoms with Crippen molar-refractivity contribution in [3.05, 3.63) is 23.4 Å². The van der Waals surface area contributed by atoms with Crippen molar-refractivity contribution in [3.8, 4) is 5.88 Å². The summed E-state index contributed by atoms with van der Waals surface area (Å²) in [5, 5.41) is 0.396. The second-order valence-electron chi connectivity index (χ2n) is 6.76. The van der Waals surface area contributed by atoms with Gasteiger partial charge in [0.15, 0.2) is 5.78 Å². The molecule has 4 fully saturated rings. The molecule has 20 heavy (non-hydrogen) atoms. The number of carbonyl (C=O) groups excluding carboxylic acids is 1. The number of ketones is 1. The van der Waals surface area contributed by atoms with E-state index in [1.54, 1.807) is 18.2 Å². The van der Waals surface area contributed by atoms with Gasteiger partial charge in [-0.1, -0.05) is 17.7 Å². The summed E-state index contributed by atoms with van der Waals surface area (Å²) in [5.41, 5.74) is -0.0743. The molecule has 0 saturated heterocycles. The first-order valence-electron chi connectivity index (χ1n) is 7.43. The smallest absolute Gasteiger partial charge is 0.215 e. The highest BCUT2D eigenvalue weighted by molar-refractivity contribution is 6.29. The van der Waals surface area contributed by atoms with Gasteiger partial charge in [-0.3, -0.25) is 4.79 Å². The monoisotopic (exact) mass is 291 g/mol. The zero-order valence-electron chi connectivity index (χ0n) is 11.3. The molecular formula is C16H18ClNO2. The lowest BCUT2D eigenvalue weighted by Crippen LogP contribution is -2.38. The third-order valence-electron chi connectivity index (χ3n) is 5.56. The van der Waals surface area contributed by atoms with Gasteiger partial charge in [-0.15, -0.1) is 0 Å². The van der Waals surface area contributed by atoms with E-state index in [1.165, 1.54) is 12.8 Å². The number of carbonyl (C=O) groups is 1. The fraction of sp³-hybridized carbons (Fsp3) is 0.625. The van der Waals surface area contributed by atoms with Crippen LogP contribution < -0.4 is 4.74 Å². The molecule has 4 saturated carbocycles. The predicted molar refractivity (Wildman–Crippen MR) is 75.7 cm³/mol. The molecule has 0 radical (unpaired) electrons. The van der Waals surface area contributed by atoms with Crippen LogP contribution in [-0.2, 0) is 4.79 Å². The summed E-state index contributed by atoms with van der Waals surface area (Å²) in [4.78, 5) is 16.7. The lowest BCUT2D eigenvalue weighted by Gasteiger charge is -2.36. The molecule has 4 aliphatic carbocycles. The van der Waals surface area contributed by atoms with Crippen molar-refractivity contribution in [1.82, 2.24) is 4.98 Å². The molecule has 0 aliphatic heterocycles. The molecule has 4 aliphatic rings. The summed E-state index contributed by atoms with van der Waals surface area (Å²) >= 11 is 5.82. The van der Waals surface area contributed by atoms with Gasteiger partial charge in [-0.05, 0) is 55.9 Å². The summed E-state index contributed by atoms with van der Waals surface area (Å²) in [6.07, 6.45) is 6.00. The second-order valence-corrected chi connectivity index (χ2v) is 7.15. The van der Waals surface area contributed by atoms with E-state index in [9.17, 15) is 4.79 Å². The average molecular weight is 292 g/mol. The van der Waals surface area contributed by atoms with Crippen LogP contribution >= 0.6 is 11.6 Å². The Labute approximate surface area is 123 Å². The number of pyridine rings is 1. The Morgan fingerprint density at radius 2 is 2.05 bits per heavy atom. The maximum Gasteiger partial charge on any atom is 0.215 e. The van der Waals surface area contributed by atoms with Crippen LogP contribution in [0.1, 0.15) is 32.1 Å². The molecule has 4 heteroatoms. The molecule has 2 unspecified atom stereocenters. The third kappa shape index (κ3) is 1.95. The van der Waals surface area contributed by atoms with Crippen LogP contribution in [0.5, 0.6) is 5.88 Å². The van der Waals surface area contributed by atoms with Crippen LogP contribution in [0.15, 0.2) is 18.2 Å². The van der Waals surface area contributed by atoms with Crippen molar-refractivity contribution in [3.63, 3.8) is 0 Å². The first kappa shape index (κ1) is 12.6. The molecule has 5 rings (SSSR count). The van der Waals surface area contributed by atoms with Gasteiger partial charge >= 0.3 is 0 Å². The van der Waals surface area contributed by atoms with Gasteiger partial charge in [0, 0.05) is 11.5 Å². The first-order chi connectivity index (χ1) is 9.64. The lowest BCUT2D eigenvalue weighted by molar-refractivity contribution is -0.133. The molecule has 1 heterocycles. The number of nitrogens with zero attached hydrogens (tertiary/aromatic N) is 1. The van der Waals surface area contributed by atoms with E-state index in [1.807, 2.05) is 0 Å². The Morgan fingerprint density at radius 3 is 2.70 bits per heavy atom. The predicted octanol–water partition coefficient (Wildman–Crippen LogP) is 3.51. The van der Waals surface area contributed by atoms with E-state index < -0.39 is 0 Å². The Bertz CT molecular complexity index is 540. The number of hydrogen-bond donors (Lipinski definition) is 0. The fourth-order valence-electron chi connectivity index (χ4n) is 4.91. The molecule has 0 spiro atoms. The molecule has 1 aromatic rings. The lowest BCUT2D eigenvalue weighted by atomic mass is 9.67. The minimum absolute atomic E-state index is 0.0743. The number of aromatic nitrogens is 1. The Morgan fingerprint density at radius 1 is 1.30 bits per heavy atom. The van der Waals surface area contributed by atoms with Crippen LogP contribution in [0, 0.1) is 23.2 Å². The number of rotatable bonds is 4. The zero-order chi connectivity index (χ0) is 13.7. The number of halogens is 1. The highest BCUT2D eigenvalue weighted by Crippen LogP contribution is 2.64. The Balaban J connectivity index is 1.44. The third-order valence-corrected chi connectivity index (χ3v) is 5.77. The number of Topliss-reactive ketones (excluding diaryl/α,β-unsaturated/α-hetero) is 1. The summed E-state index contributed by atoms with van der Waals surface area (Å²) in [5.74, 6) is 3.12. The topological polar surface area (TPSA) is 39.2 Å². The molecule has 4 bridgehead atoms. The molecule has 0 aromatic carbocycles. The van der Waals surface area contributed by atoms with E-state index in [0.717, 1.165) is 37.0 Å². The van der Waals surface area contributed by atoms with Crippen molar-refractivity contribution in [2.75, 3.05) is 6.61 Å². The second kappa shape index (κ2) is 4.45.